The van der Waals surface area contributed by atoms with Gasteiger partial charge in [0.15, 0.2) is 6.29 Å². The lowest BCUT2D eigenvalue weighted by Gasteiger charge is -2.59. The van der Waals surface area contributed by atoms with Gasteiger partial charge in [-0.25, -0.2) is 4.79 Å². The van der Waals surface area contributed by atoms with E-state index >= 15 is 0 Å². The second-order valence-corrected chi connectivity index (χ2v) is 15.0. The molecule has 0 aromatic heterocycles. The van der Waals surface area contributed by atoms with Gasteiger partial charge in [-0.15, -0.1) is 0 Å². The maximum atomic E-state index is 13.3. The average molecular weight is 550 g/mol. The van der Waals surface area contributed by atoms with Crippen molar-refractivity contribution < 1.29 is 23.7 Å². The molecule has 10 atom stereocenters. The summed E-state index contributed by atoms with van der Waals surface area (Å²) in [4.78, 5) is 13.3. The number of hydrogen-bond acceptors (Lipinski definition) is 5. The van der Waals surface area contributed by atoms with E-state index < -0.39 is 0 Å². The van der Waals surface area contributed by atoms with Crippen molar-refractivity contribution in [3.8, 4) is 0 Å². The summed E-state index contributed by atoms with van der Waals surface area (Å²) in [5, 5.41) is 2.98. The van der Waals surface area contributed by atoms with Crippen LogP contribution in [0.1, 0.15) is 73.1 Å². The van der Waals surface area contributed by atoms with Gasteiger partial charge < -0.3 is 18.9 Å². The van der Waals surface area contributed by atoms with Gasteiger partial charge in [-0.1, -0.05) is 58.4 Å². The van der Waals surface area contributed by atoms with Crippen LogP contribution >= 0.6 is 0 Å². The van der Waals surface area contributed by atoms with Gasteiger partial charge in [-0.05, 0) is 79.9 Å². The van der Waals surface area contributed by atoms with Crippen molar-refractivity contribution in [2.75, 3.05) is 18.5 Å². The third-order valence-electron chi connectivity index (χ3n) is 12.1. The Morgan fingerprint density at radius 1 is 1.00 bits per heavy atom. The van der Waals surface area contributed by atoms with Crippen LogP contribution < -0.4 is 5.32 Å². The molecule has 4 aliphatic carbocycles. The first-order valence-corrected chi connectivity index (χ1v) is 15.7. The normalized spacial score (nSPS) is 44.2. The number of carbonyl (C=O) groups is 1. The Morgan fingerprint density at radius 2 is 1.75 bits per heavy atom. The van der Waals surface area contributed by atoms with Gasteiger partial charge >= 0.3 is 6.09 Å². The van der Waals surface area contributed by atoms with E-state index in [2.05, 4.69) is 46.0 Å². The van der Waals surface area contributed by atoms with Crippen LogP contribution in [-0.2, 0) is 18.9 Å². The monoisotopic (exact) mass is 549 g/mol. The van der Waals surface area contributed by atoms with Gasteiger partial charge in [0.05, 0.1) is 25.4 Å². The molecule has 0 radical (unpaired) electrons. The van der Waals surface area contributed by atoms with Gasteiger partial charge in [0, 0.05) is 28.4 Å². The molecule has 0 bridgehead atoms. The number of carbonyl (C=O) groups excluding carboxylic acids is 1. The van der Waals surface area contributed by atoms with E-state index in [1.54, 1.807) is 0 Å². The van der Waals surface area contributed by atoms with Crippen LogP contribution in [0.15, 0.2) is 42.0 Å². The summed E-state index contributed by atoms with van der Waals surface area (Å²) in [6.45, 7) is 13.3. The second-order valence-electron chi connectivity index (χ2n) is 15.0. The first-order valence-electron chi connectivity index (χ1n) is 15.7. The fourth-order valence-corrected chi connectivity index (χ4v) is 10.0. The molecule has 1 N–H and O–H groups in total. The van der Waals surface area contributed by atoms with Crippen LogP contribution in [0.5, 0.6) is 0 Å². The van der Waals surface area contributed by atoms with E-state index in [1.165, 1.54) is 24.8 Å². The zero-order valence-electron chi connectivity index (χ0n) is 24.9. The fourth-order valence-electron chi connectivity index (χ4n) is 10.0. The number of para-hydroxylation sites is 1. The molecule has 218 valence electrons. The number of fused-ring (bicyclic) bond motifs is 7. The van der Waals surface area contributed by atoms with Crippen LogP contribution in [-0.4, -0.2) is 43.9 Å². The summed E-state index contributed by atoms with van der Waals surface area (Å²) in [5.74, 6) is 2.10. The highest BCUT2D eigenvalue weighted by Crippen LogP contribution is 2.69. The number of epoxide rings is 1. The second kappa shape index (κ2) is 9.57. The Kier molecular flexibility index (Phi) is 6.45. The van der Waals surface area contributed by atoms with E-state index in [-0.39, 0.29) is 34.7 Å². The molecule has 1 aromatic rings. The predicted molar refractivity (Wildman–Crippen MR) is 154 cm³/mol. The van der Waals surface area contributed by atoms with Crippen LogP contribution in [0.25, 0.3) is 0 Å². The van der Waals surface area contributed by atoms with Gasteiger partial charge in [0.1, 0.15) is 6.10 Å². The number of anilines is 1. The quantitative estimate of drug-likeness (QED) is 0.318. The summed E-state index contributed by atoms with van der Waals surface area (Å²) >= 11 is 0. The van der Waals surface area contributed by atoms with Crippen LogP contribution in [0.3, 0.4) is 0 Å². The topological polar surface area (TPSA) is 69.3 Å². The molecule has 7 rings (SSSR count). The molecular weight excluding hydrogens is 502 g/mol. The van der Waals surface area contributed by atoms with Gasteiger partial charge in [0.2, 0.25) is 0 Å². The van der Waals surface area contributed by atoms with Crippen molar-refractivity contribution in [1.29, 1.82) is 0 Å². The lowest BCUT2D eigenvalue weighted by Crippen LogP contribution is -2.57. The van der Waals surface area contributed by atoms with Crippen molar-refractivity contribution in [1.82, 2.24) is 0 Å². The minimum Gasteiger partial charge on any atom is -0.441 e. The predicted octanol–water partition coefficient (Wildman–Crippen LogP) is 7.21. The number of hydrogen-bond donors (Lipinski definition) is 1. The highest BCUT2D eigenvalue weighted by atomic mass is 16.7. The van der Waals surface area contributed by atoms with E-state index in [9.17, 15) is 4.79 Å². The zero-order chi connectivity index (χ0) is 27.9. The Labute approximate surface area is 239 Å². The van der Waals surface area contributed by atoms with Crippen molar-refractivity contribution >= 4 is 11.8 Å². The number of nitrogens with one attached hydrogen (secondary N) is 1. The molecule has 2 heterocycles. The molecule has 5 fully saturated rings. The lowest BCUT2D eigenvalue weighted by atomic mass is 9.46. The minimum atomic E-state index is -0.353. The third-order valence-corrected chi connectivity index (χ3v) is 12.1. The Balaban J connectivity index is 1.17. The molecule has 3 saturated carbocycles. The molecule has 6 aliphatic rings. The summed E-state index contributed by atoms with van der Waals surface area (Å²) in [6, 6.07) is 9.63. The Morgan fingerprint density at radius 3 is 2.50 bits per heavy atom. The zero-order valence-corrected chi connectivity index (χ0v) is 24.9. The summed E-state index contributed by atoms with van der Waals surface area (Å²) < 4.78 is 25.3. The highest BCUT2D eigenvalue weighted by Gasteiger charge is 2.68. The highest BCUT2D eigenvalue weighted by molar-refractivity contribution is 5.84. The van der Waals surface area contributed by atoms with E-state index in [4.69, 9.17) is 18.9 Å². The van der Waals surface area contributed by atoms with E-state index in [0.717, 1.165) is 38.2 Å². The molecular formula is C34H47NO5. The molecule has 1 aromatic carbocycles. The Bertz CT molecular complexity index is 1160. The molecule has 2 saturated heterocycles. The fraction of sp³-hybridized carbons (Fsp3) is 0.735. The number of ether oxygens (including phenoxy) is 4. The molecule has 40 heavy (non-hydrogen) atoms. The number of benzene rings is 1. The van der Waals surface area contributed by atoms with Crippen molar-refractivity contribution in [2.45, 2.75) is 97.7 Å². The van der Waals surface area contributed by atoms with Crippen molar-refractivity contribution in [3.05, 3.63) is 42.0 Å². The summed E-state index contributed by atoms with van der Waals surface area (Å²) in [7, 11) is 0. The Hall–Kier alpha value is -1.89. The average Bonchev–Trinajstić information content (AvgIpc) is 3.64. The molecule has 6 heteroatoms. The molecule has 1 amide bonds. The SMILES string of the molecule is CC(C1OCC(C)(C)CO1)[C@H]1CC[C@H]2[C@@H]3[C@H](OC(=O)Nc4ccccc4)C=C4CC[C@@H]5O[C@@H]5[C@]4(C)[C@H]3CC[C@]12C. The molecule has 2 aliphatic heterocycles. The van der Waals surface area contributed by atoms with Crippen molar-refractivity contribution in [2.24, 2.45) is 45.8 Å². The summed E-state index contributed by atoms with van der Waals surface area (Å²) in [6.07, 6.45) is 9.23. The molecule has 6 nitrogen and oxygen atoms in total. The first-order chi connectivity index (χ1) is 19.1. The summed E-state index contributed by atoms with van der Waals surface area (Å²) in [5.41, 5.74) is 2.52. The van der Waals surface area contributed by atoms with Crippen LogP contribution in [0.2, 0.25) is 0 Å². The smallest absolute Gasteiger partial charge is 0.412 e. The number of amides is 1. The molecule has 0 spiro atoms. The van der Waals surface area contributed by atoms with E-state index in [0.29, 0.717) is 41.8 Å². The van der Waals surface area contributed by atoms with Crippen LogP contribution in [0.4, 0.5) is 10.5 Å². The lowest BCUT2D eigenvalue weighted by molar-refractivity contribution is -0.253. The van der Waals surface area contributed by atoms with Crippen LogP contribution in [0, 0.1) is 45.8 Å². The largest absolute Gasteiger partial charge is 0.441 e. The maximum Gasteiger partial charge on any atom is 0.412 e. The third kappa shape index (κ3) is 4.27. The molecule has 1 unspecified atom stereocenters. The van der Waals surface area contributed by atoms with E-state index in [1.807, 2.05) is 30.3 Å². The maximum absolute atomic E-state index is 13.3. The van der Waals surface area contributed by atoms with Gasteiger partial charge in [-0.3, -0.25) is 5.32 Å². The van der Waals surface area contributed by atoms with Crippen molar-refractivity contribution in [3.63, 3.8) is 0 Å². The minimum absolute atomic E-state index is 0.0511. The van der Waals surface area contributed by atoms with Gasteiger partial charge in [-0.2, -0.15) is 0 Å². The first kappa shape index (κ1) is 27.0. The standard InChI is InChI=1S/C34H47NO5/c1-20(30-37-18-32(2,3)19-38-30)23-12-13-24-28-25(15-16-33(23,24)4)34(5)21(11-14-26-29(34)39-26)17-27(28)40-31(36)35-22-9-7-6-8-10-22/h6-10,17,20,23-30H,11-16,18-19H2,1-5H3,(H,35,36)/t20?,23-,24+,25+,26+,27-,28+,29+,33-,34+/m1/s1. The van der Waals surface area contributed by atoms with Gasteiger partial charge in [0.25, 0.3) is 0 Å². The number of rotatable bonds is 4.